The number of allylic oxidation sites excluding steroid dienone is 1. The summed E-state index contributed by atoms with van der Waals surface area (Å²) in [5.74, 6) is -1.38. The number of nitrogens with zero attached hydrogens (tertiary/aromatic N) is 3. The minimum Gasteiger partial charge on any atom is -0.459 e. The third-order valence-corrected chi connectivity index (χ3v) is 12.0. The lowest BCUT2D eigenvalue weighted by molar-refractivity contribution is -0.384. The Morgan fingerprint density at radius 3 is 2.44 bits per heavy atom. The Morgan fingerprint density at radius 1 is 0.922 bits per heavy atom. The molecule has 2 aliphatic carbocycles. The monoisotopic (exact) mass is 883 g/mol. The number of carbonyl (C=O) groups excluding carboxylic acids is 1. The van der Waals surface area contributed by atoms with Crippen molar-refractivity contribution >= 4 is 17.5 Å². The SMILES string of the molecule is C=CCCOC(=O)N(CCOCCO)C1CC(=NOCc2ccccc2)C2=CC(CCCCO)C(CCCCO)C3c4cc(Oc5cccc([N+](=O)[O-])c5)ccc4OC1(OCC=C)C23. The number of unbranched alkanes of at least 4 members (excludes halogenated alkanes) is 2. The maximum atomic E-state index is 14.4. The highest BCUT2D eigenvalue weighted by Crippen LogP contribution is 2.62. The summed E-state index contributed by atoms with van der Waals surface area (Å²) in [6, 6.07) is 20.3. The second kappa shape index (κ2) is 23.9. The first-order valence-electron chi connectivity index (χ1n) is 22.2. The van der Waals surface area contributed by atoms with Crippen molar-refractivity contribution in [2.75, 3.05) is 52.8 Å². The standard InChI is InChI=1S/C49H61N3O12/c1-3-5-27-60-48(56)51(22-28-59-29-25-55)45-33-43(50-62-34-35-14-7-6-8-15-35)41-30-36(16-9-11-23-53)40(19-10-12-24-54)46-42-32-39(63-38-18-13-17-37(31-38)52(57)58)20-21-44(42)64-49(45,47(41)46)61-26-4-2/h3-4,6-8,13-15,17-18,20-21,30-32,36,40,45-47,53-55H,1-2,5,9-12,16,19,22-29,33-34H2. The van der Waals surface area contributed by atoms with Gasteiger partial charge in [-0.1, -0.05) is 72.6 Å². The summed E-state index contributed by atoms with van der Waals surface area (Å²) in [5.41, 5.74) is 3.07. The van der Waals surface area contributed by atoms with Gasteiger partial charge in [0.2, 0.25) is 5.79 Å². The minimum atomic E-state index is -1.56. The lowest BCUT2D eigenvalue weighted by atomic mass is 9.55. The molecule has 6 rings (SSSR count). The first kappa shape index (κ1) is 47.9. The number of carbonyl (C=O) groups is 1. The predicted molar refractivity (Wildman–Crippen MR) is 240 cm³/mol. The van der Waals surface area contributed by atoms with E-state index >= 15 is 0 Å². The zero-order valence-corrected chi connectivity index (χ0v) is 36.3. The van der Waals surface area contributed by atoms with Gasteiger partial charge >= 0.3 is 6.09 Å². The van der Waals surface area contributed by atoms with Gasteiger partial charge in [-0.05, 0) is 79.3 Å². The van der Waals surface area contributed by atoms with Crippen LogP contribution in [0.5, 0.6) is 17.2 Å². The Morgan fingerprint density at radius 2 is 1.70 bits per heavy atom. The van der Waals surface area contributed by atoms with E-state index in [1.54, 1.807) is 35.3 Å². The van der Waals surface area contributed by atoms with Crippen molar-refractivity contribution in [3.63, 3.8) is 0 Å². The van der Waals surface area contributed by atoms with E-state index in [1.807, 2.05) is 42.5 Å². The van der Waals surface area contributed by atoms with Crippen molar-refractivity contribution in [3.8, 4) is 17.2 Å². The first-order valence-corrected chi connectivity index (χ1v) is 22.2. The molecule has 6 atom stereocenters. The summed E-state index contributed by atoms with van der Waals surface area (Å²) in [6.07, 6.45) is 9.66. The number of rotatable bonds is 26. The van der Waals surface area contributed by atoms with E-state index in [4.69, 9.17) is 33.7 Å². The average molecular weight is 884 g/mol. The van der Waals surface area contributed by atoms with E-state index in [1.165, 1.54) is 12.1 Å². The lowest BCUT2D eigenvalue weighted by Gasteiger charge is -2.59. The van der Waals surface area contributed by atoms with Crippen LogP contribution in [0.3, 0.4) is 0 Å². The highest BCUT2D eigenvalue weighted by atomic mass is 16.7. The molecule has 1 fully saturated rings. The smallest absolute Gasteiger partial charge is 0.410 e. The van der Waals surface area contributed by atoms with Gasteiger partial charge < -0.3 is 43.8 Å². The normalized spacial score (nSPS) is 22.6. The molecule has 15 heteroatoms. The summed E-state index contributed by atoms with van der Waals surface area (Å²) >= 11 is 0. The van der Waals surface area contributed by atoms with Gasteiger partial charge in [-0.2, -0.15) is 0 Å². The zero-order valence-electron chi connectivity index (χ0n) is 36.3. The minimum absolute atomic E-state index is 0.0198. The number of amides is 1. The average Bonchev–Trinajstić information content (AvgIpc) is 3.30. The molecule has 3 aromatic carbocycles. The Kier molecular flexibility index (Phi) is 17.9. The van der Waals surface area contributed by atoms with E-state index in [0.29, 0.717) is 42.9 Å². The van der Waals surface area contributed by atoms with Gasteiger partial charge in [0.1, 0.15) is 29.9 Å². The number of ether oxygens (including phenoxy) is 5. The molecule has 3 aromatic rings. The first-order chi connectivity index (χ1) is 31.3. The van der Waals surface area contributed by atoms with Crippen molar-refractivity contribution in [2.24, 2.45) is 22.9 Å². The van der Waals surface area contributed by atoms with Gasteiger partial charge in [0.25, 0.3) is 5.69 Å². The quantitative estimate of drug-likeness (QED) is 0.0303. The zero-order chi connectivity index (χ0) is 45.3. The van der Waals surface area contributed by atoms with Gasteiger partial charge in [0.15, 0.2) is 0 Å². The molecular weight excluding hydrogens is 823 g/mol. The van der Waals surface area contributed by atoms with Crippen LogP contribution in [0, 0.1) is 27.9 Å². The van der Waals surface area contributed by atoms with E-state index in [9.17, 15) is 30.2 Å². The fraction of sp³-hybridized carbons (Fsp3) is 0.469. The Hall–Kier alpha value is -5.58. The van der Waals surface area contributed by atoms with E-state index in [-0.39, 0.29) is 95.0 Å². The van der Waals surface area contributed by atoms with Crippen LogP contribution in [0.2, 0.25) is 0 Å². The topological polar surface area (TPSA) is 192 Å². The van der Waals surface area contributed by atoms with Crippen molar-refractivity contribution in [1.29, 1.82) is 0 Å². The molecule has 0 aromatic heterocycles. The molecule has 3 N–H and O–H groups in total. The number of non-ortho nitro benzene ring substituents is 1. The van der Waals surface area contributed by atoms with Crippen LogP contribution >= 0.6 is 0 Å². The van der Waals surface area contributed by atoms with Gasteiger partial charge in [0.05, 0.1) is 55.7 Å². The van der Waals surface area contributed by atoms with Crippen LogP contribution in [-0.2, 0) is 25.7 Å². The second-order valence-electron chi connectivity index (χ2n) is 16.1. The molecule has 0 bridgehead atoms. The van der Waals surface area contributed by atoms with Crippen LogP contribution in [0.1, 0.15) is 68.4 Å². The molecule has 3 aliphatic rings. The molecule has 64 heavy (non-hydrogen) atoms. The van der Waals surface area contributed by atoms with Gasteiger partial charge in [-0.25, -0.2) is 4.79 Å². The molecule has 1 saturated carbocycles. The predicted octanol–water partition coefficient (Wildman–Crippen LogP) is 8.24. The van der Waals surface area contributed by atoms with E-state index in [2.05, 4.69) is 19.2 Å². The summed E-state index contributed by atoms with van der Waals surface area (Å²) in [4.78, 5) is 33.4. The number of oxime groups is 1. The number of benzene rings is 3. The maximum absolute atomic E-state index is 14.4. The number of nitro benzene ring substituents is 1. The van der Waals surface area contributed by atoms with Crippen LogP contribution in [0.4, 0.5) is 10.5 Å². The van der Waals surface area contributed by atoms with Gasteiger partial charge in [-0.15, -0.1) is 13.2 Å². The fourth-order valence-corrected chi connectivity index (χ4v) is 9.28. The lowest BCUT2D eigenvalue weighted by Crippen LogP contribution is -2.70. The molecule has 0 saturated heterocycles. The Balaban J connectivity index is 1.58. The number of fused-ring (bicyclic) bond motifs is 2. The van der Waals surface area contributed by atoms with Crippen LogP contribution in [-0.4, -0.2) is 102 Å². The highest BCUT2D eigenvalue weighted by molar-refractivity contribution is 6.03. The summed E-state index contributed by atoms with van der Waals surface area (Å²) in [7, 11) is 0. The van der Waals surface area contributed by atoms with Crippen LogP contribution in [0.15, 0.2) is 115 Å². The van der Waals surface area contributed by atoms with E-state index < -0.39 is 28.8 Å². The third kappa shape index (κ3) is 11.6. The molecule has 1 heterocycles. The number of nitro groups is 1. The van der Waals surface area contributed by atoms with Crippen molar-refractivity contribution in [2.45, 2.75) is 75.7 Å². The molecule has 344 valence electrons. The van der Waals surface area contributed by atoms with Crippen molar-refractivity contribution < 1.29 is 53.6 Å². The summed E-state index contributed by atoms with van der Waals surface area (Å²) < 4.78 is 32.2. The van der Waals surface area contributed by atoms with Crippen LogP contribution < -0.4 is 9.47 Å². The fourth-order valence-electron chi connectivity index (χ4n) is 9.28. The Bertz CT molecular complexity index is 2080. The molecule has 1 amide bonds. The summed E-state index contributed by atoms with van der Waals surface area (Å²) in [5, 5.41) is 46.0. The molecule has 6 unspecified atom stereocenters. The second-order valence-corrected chi connectivity index (χ2v) is 16.1. The van der Waals surface area contributed by atoms with Crippen molar-refractivity contribution in [3.05, 3.63) is 131 Å². The van der Waals surface area contributed by atoms with Gasteiger partial charge in [0, 0.05) is 43.7 Å². The molecule has 1 aliphatic heterocycles. The van der Waals surface area contributed by atoms with Gasteiger partial charge in [-0.3, -0.25) is 15.0 Å². The van der Waals surface area contributed by atoms with Crippen LogP contribution in [0.25, 0.3) is 0 Å². The number of aliphatic hydroxyl groups excluding tert-OH is 3. The third-order valence-electron chi connectivity index (χ3n) is 12.0. The highest BCUT2D eigenvalue weighted by Gasteiger charge is 2.65. The van der Waals surface area contributed by atoms with E-state index in [0.717, 1.165) is 36.0 Å². The molecule has 0 spiro atoms. The number of hydrogen-bond acceptors (Lipinski definition) is 13. The molecule has 0 radical (unpaired) electrons. The number of aliphatic hydroxyl groups is 3. The maximum Gasteiger partial charge on any atom is 0.410 e. The molecule has 15 nitrogen and oxygen atoms in total. The summed E-state index contributed by atoms with van der Waals surface area (Å²) in [6.45, 7) is 8.20. The van der Waals surface area contributed by atoms with Crippen molar-refractivity contribution in [1.82, 2.24) is 4.90 Å². The Labute approximate surface area is 374 Å². The molecular formula is C49H61N3O12. The largest absolute Gasteiger partial charge is 0.459 e. The number of hydrogen-bond donors (Lipinski definition) is 3.